The smallest absolute Gasteiger partial charge is 0.416 e. The molecule has 0 fully saturated rings. The molecule has 0 aliphatic rings. The number of aliphatic hydroxyl groups is 1. The Hall–Kier alpha value is -2.70. The molecule has 0 aliphatic heterocycles. The molecule has 0 heterocycles. The van der Waals surface area contributed by atoms with Gasteiger partial charge in [0.2, 0.25) is 0 Å². The largest absolute Gasteiger partial charge is 0.454 e. The van der Waals surface area contributed by atoms with E-state index in [1.165, 1.54) is 36.4 Å². The van der Waals surface area contributed by atoms with E-state index in [1.807, 2.05) is 0 Å². The molecule has 188 valence electrons. The molecule has 3 rings (SSSR count). The molecular weight excluding hydrogens is 554 g/mol. The summed E-state index contributed by atoms with van der Waals surface area (Å²) in [5.41, 5.74) is -1.83. The number of alkyl halides is 6. The molecule has 1 unspecified atom stereocenters. The number of halogens is 9. The van der Waals surface area contributed by atoms with Crippen LogP contribution in [0.5, 0.6) is 11.5 Å². The van der Waals surface area contributed by atoms with Crippen molar-refractivity contribution in [1.29, 1.82) is 0 Å². The Bertz CT molecular complexity index is 1180. The van der Waals surface area contributed by atoms with E-state index < -0.39 is 53.8 Å². The summed E-state index contributed by atoms with van der Waals surface area (Å²) in [5.74, 6) is -2.08. The minimum atomic E-state index is -5.02. The van der Waals surface area contributed by atoms with Crippen LogP contribution < -0.4 is 10.1 Å². The van der Waals surface area contributed by atoms with Gasteiger partial charge in [0.15, 0.2) is 17.7 Å². The molecule has 35 heavy (non-hydrogen) atoms. The first-order valence-corrected chi connectivity index (χ1v) is 10.6. The Morgan fingerprint density at radius 1 is 0.886 bits per heavy atom. The molecule has 0 saturated heterocycles. The second-order valence-corrected chi connectivity index (χ2v) is 8.30. The highest BCUT2D eigenvalue weighted by Crippen LogP contribution is 2.35. The lowest BCUT2D eigenvalue weighted by atomic mass is 9.95. The van der Waals surface area contributed by atoms with Crippen molar-refractivity contribution in [2.45, 2.75) is 24.5 Å². The van der Waals surface area contributed by atoms with Gasteiger partial charge in [0.1, 0.15) is 11.6 Å². The number of hydrogen-bond acceptors (Lipinski definition) is 3. The van der Waals surface area contributed by atoms with E-state index in [0.29, 0.717) is 22.7 Å². The first kappa shape index (κ1) is 26.9. The van der Waals surface area contributed by atoms with Crippen molar-refractivity contribution < 1.29 is 45.0 Å². The van der Waals surface area contributed by atoms with E-state index in [4.69, 9.17) is 4.74 Å². The third-order valence-corrected chi connectivity index (χ3v) is 5.33. The highest BCUT2D eigenvalue weighted by molar-refractivity contribution is 9.10. The second kappa shape index (κ2) is 10.5. The summed E-state index contributed by atoms with van der Waals surface area (Å²) in [6.45, 7) is -1.14. The van der Waals surface area contributed by atoms with Gasteiger partial charge >= 0.3 is 12.4 Å². The summed E-state index contributed by atoms with van der Waals surface area (Å²) in [5, 5.41) is 11.6. The summed E-state index contributed by atoms with van der Waals surface area (Å²) in [7, 11) is 0. The second-order valence-electron chi connectivity index (χ2n) is 7.38. The zero-order valence-corrected chi connectivity index (χ0v) is 19.0. The summed E-state index contributed by atoms with van der Waals surface area (Å²) >= 11 is 3.15. The quantitative estimate of drug-likeness (QED) is 0.297. The van der Waals surface area contributed by atoms with Gasteiger partial charge < -0.3 is 15.2 Å². The van der Waals surface area contributed by atoms with Crippen LogP contribution in [0.2, 0.25) is 0 Å². The summed E-state index contributed by atoms with van der Waals surface area (Å²) in [6, 6.07) is 9.03. The lowest BCUT2D eigenvalue weighted by Crippen LogP contribution is -2.40. The van der Waals surface area contributed by atoms with Crippen molar-refractivity contribution >= 4 is 15.9 Å². The first-order chi connectivity index (χ1) is 16.3. The fourth-order valence-electron chi connectivity index (χ4n) is 3.13. The van der Waals surface area contributed by atoms with E-state index in [2.05, 4.69) is 21.2 Å². The van der Waals surface area contributed by atoms with Crippen molar-refractivity contribution in [2.75, 3.05) is 6.54 Å². The van der Waals surface area contributed by atoms with E-state index in [-0.39, 0.29) is 17.1 Å². The Kier molecular flexibility index (Phi) is 8.07. The molecule has 3 aromatic carbocycles. The fraction of sp³-hybridized carbons (Fsp3) is 0.217. The van der Waals surface area contributed by atoms with Crippen LogP contribution in [0.4, 0.5) is 35.1 Å². The summed E-state index contributed by atoms with van der Waals surface area (Å²) in [6.07, 6.45) is -12.7. The van der Waals surface area contributed by atoms with Gasteiger partial charge in [-0.05, 0) is 54.1 Å². The van der Waals surface area contributed by atoms with Crippen molar-refractivity contribution in [2.24, 2.45) is 0 Å². The van der Waals surface area contributed by atoms with E-state index in [0.717, 1.165) is 6.07 Å². The molecule has 0 bridgehead atoms. The average molecular weight is 570 g/mol. The van der Waals surface area contributed by atoms with E-state index in [1.54, 1.807) is 0 Å². The van der Waals surface area contributed by atoms with Crippen molar-refractivity contribution in [3.63, 3.8) is 0 Å². The molecule has 3 aromatic rings. The van der Waals surface area contributed by atoms with Gasteiger partial charge in [-0.1, -0.05) is 28.1 Å². The summed E-state index contributed by atoms with van der Waals surface area (Å²) in [4.78, 5) is 0. The molecular formula is C23H16BrF8NO2. The van der Waals surface area contributed by atoms with E-state index in [9.17, 15) is 40.2 Å². The third kappa shape index (κ3) is 6.92. The van der Waals surface area contributed by atoms with Crippen LogP contribution in [-0.2, 0) is 6.18 Å². The maximum absolute atomic E-state index is 14.6. The van der Waals surface area contributed by atoms with Gasteiger partial charge in [-0.2, -0.15) is 26.3 Å². The van der Waals surface area contributed by atoms with Crippen LogP contribution >= 0.6 is 15.9 Å². The minimum Gasteiger partial charge on any atom is -0.454 e. The number of aliphatic hydroxyl groups excluding tert-OH is 1. The molecule has 12 heteroatoms. The number of ether oxygens (including phenoxy) is 1. The predicted octanol–water partition coefficient (Wildman–Crippen LogP) is 7.14. The third-order valence-electron chi connectivity index (χ3n) is 4.84. The van der Waals surface area contributed by atoms with Crippen LogP contribution in [0.15, 0.2) is 65.1 Å². The highest BCUT2D eigenvalue weighted by Gasteiger charge is 2.39. The topological polar surface area (TPSA) is 41.5 Å². The van der Waals surface area contributed by atoms with Crippen molar-refractivity contribution in [3.8, 4) is 11.5 Å². The lowest BCUT2D eigenvalue weighted by molar-refractivity contribution is -0.202. The van der Waals surface area contributed by atoms with Gasteiger partial charge in [-0.25, -0.2) is 8.78 Å². The van der Waals surface area contributed by atoms with Gasteiger partial charge in [0, 0.05) is 16.6 Å². The average Bonchev–Trinajstić information content (AvgIpc) is 2.76. The van der Waals surface area contributed by atoms with Crippen molar-refractivity contribution in [3.05, 3.63) is 93.5 Å². The molecule has 3 nitrogen and oxygen atoms in total. The lowest BCUT2D eigenvalue weighted by Gasteiger charge is -2.24. The first-order valence-electron chi connectivity index (χ1n) is 9.83. The Labute approximate surface area is 202 Å². The molecule has 0 saturated carbocycles. The number of nitrogens with one attached hydrogen (secondary N) is 1. The Morgan fingerprint density at radius 2 is 1.57 bits per heavy atom. The van der Waals surface area contributed by atoms with Crippen LogP contribution in [0.25, 0.3) is 0 Å². The van der Waals surface area contributed by atoms with Crippen LogP contribution in [0, 0.1) is 11.6 Å². The SMILES string of the molecule is O[C@H](CNC(c1cccc(Oc2cc(Br)ccc2F)c1)c1cc(C(F)(F)F)ccc1F)C(F)(F)F. The maximum Gasteiger partial charge on any atom is 0.416 e. The Morgan fingerprint density at radius 3 is 2.23 bits per heavy atom. The number of rotatable bonds is 7. The molecule has 0 aromatic heterocycles. The molecule has 2 atom stereocenters. The molecule has 0 amide bonds. The monoisotopic (exact) mass is 569 g/mol. The minimum absolute atomic E-state index is 0.00510. The normalized spacial score (nSPS) is 14.0. The van der Waals surface area contributed by atoms with Crippen LogP contribution in [-0.4, -0.2) is 23.9 Å². The van der Waals surface area contributed by atoms with Gasteiger partial charge in [-0.15, -0.1) is 0 Å². The van der Waals surface area contributed by atoms with Crippen LogP contribution in [0.3, 0.4) is 0 Å². The molecule has 2 N–H and O–H groups in total. The predicted molar refractivity (Wildman–Crippen MR) is 114 cm³/mol. The van der Waals surface area contributed by atoms with Crippen molar-refractivity contribution in [1.82, 2.24) is 5.32 Å². The molecule has 0 radical (unpaired) electrons. The number of benzene rings is 3. The van der Waals surface area contributed by atoms with E-state index >= 15 is 0 Å². The summed E-state index contributed by atoms with van der Waals surface area (Å²) < 4.78 is 113. The standard InChI is InChI=1S/C23H16BrF8NO2/c24-14-5-7-18(26)19(10-14)35-15-3-1-2-12(8-15)21(33-11-20(34)23(30,31)32)16-9-13(22(27,28)29)4-6-17(16)25/h1-10,20-21,33-34H,11H2/t20-,21?/m1/s1. The number of hydrogen-bond donors (Lipinski definition) is 2. The Balaban J connectivity index is 2.03. The van der Waals surface area contributed by atoms with Gasteiger partial charge in [0.05, 0.1) is 11.6 Å². The van der Waals surface area contributed by atoms with Crippen LogP contribution in [0.1, 0.15) is 22.7 Å². The van der Waals surface area contributed by atoms with Gasteiger partial charge in [0.25, 0.3) is 0 Å². The maximum atomic E-state index is 14.6. The molecule has 0 spiro atoms. The fourth-order valence-corrected chi connectivity index (χ4v) is 3.47. The molecule has 0 aliphatic carbocycles. The van der Waals surface area contributed by atoms with Gasteiger partial charge in [-0.3, -0.25) is 0 Å². The zero-order chi connectivity index (χ0) is 26.0. The zero-order valence-electron chi connectivity index (χ0n) is 17.4. The highest BCUT2D eigenvalue weighted by atomic mass is 79.9.